The number of nitrogens with two attached hydrogens (primary N) is 1. The Kier molecular flexibility index (Phi) is 11.3. The zero-order valence-corrected chi connectivity index (χ0v) is 21.2. The van der Waals surface area contributed by atoms with E-state index >= 15 is 0 Å². The van der Waals surface area contributed by atoms with Gasteiger partial charge in [0.25, 0.3) is 0 Å². The molecule has 1 aromatic rings. The average Bonchev–Trinajstić information content (AvgIpc) is 3.36. The molecule has 4 atom stereocenters. The first-order valence-electron chi connectivity index (χ1n) is 12.4. The number of phenols is 1. The van der Waals surface area contributed by atoms with Crippen LogP contribution < -0.4 is 27.0 Å². The molecular formula is C25H37N5O7. The summed E-state index contributed by atoms with van der Waals surface area (Å²) >= 11 is 0. The van der Waals surface area contributed by atoms with Gasteiger partial charge < -0.3 is 37.2 Å². The lowest BCUT2D eigenvalue weighted by atomic mass is 10.0. The number of nitrogens with one attached hydrogen (secondary N) is 4. The van der Waals surface area contributed by atoms with Gasteiger partial charge in [-0.1, -0.05) is 26.0 Å². The predicted octanol–water partition coefficient (Wildman–Crippen LogP) is -0.463. The normalized spacial score (nSPS) is 17.4. The van der Waals surface area contributed by atoms with Crippen LogP contribution in [0.25, 0.3) is 0 Å². The van der Waals surface area contributed by atoms with Crippen molar-refractivity contribution in [2.75, 3.05) is 6.54 Å². The lowest BCUT2D eigenvalue weighted by Gasteiger charge is -2.25. The Morgan fingerprint density at radius 2 is 1.62 bits per heavy atom. The first-order chi connectivity index (χ1) is 17.5. The minimum Gasteiger partial charge on any atom is -0.508 e. The van der Waals surface area contributed by atoms with Gasteiger partial charge in [0.2, 0.25) is 23.6 Å². The maximum Gasteiger partial charge on any atom is 0.326 e. The van der Waals surface area contributed by atoms with Gasteiger partial charge in [0.15, 0.2) is 0 Å². The van der Waals surface area contributed by atoms with Gasteiger partial charge in [0.1, 0.15) is 23.9 Å². The van der Waals surface area contributed by atoms with Crippen molar-refractivity contribution in [1.29, 1.82) is 0 Å². The number of phenolic OH excluding ortho intramolecular Hbond substituents is 1. The van der Waals surface area contributed by atoms with Crippen LogP contribution in [-0.4, -0.2) is 70.5 Å². The first kappa shape index (κ1) is 29.6. The van der Waals surface area contributed by atoms with Gasteiger partial charge in [0, 0.05) is 12.8 Å². The van der Waals surface area contributed by atoms with Crippen LogP contribution in [0.5, 0.6) is 5.75 Å². The van der Waals surface area contributed by atoms with Gasteiger partial charge in [-0.3, -0.25) is 19.2 Å². The molecule has 0 saturated carbocycles. The summed E-state index contributed by atoms with van der Waals surface area (Å²) in [5.41, 5.74) is 5.89. The van der Waals surface area contributed by atoms with Crippen molar-refractivity contribution in [2.24, 2.45) is 11.7 Å². The van der Waals surface area contributed by atoms with Crippen molar-refractivity contribution in [3.63, 3.8) is 0 Å². The largest absolute Gasteiger partial charge is 0.508 e. The molecule has 8 N–H and O–H groups in total. The maximum atomic E-state index is 13.3. The molecule has 0 aliphatic carbocycles. The molecule has 1 saturated heterocycles. The van der Waals surface area contributed by atoms with Gasteiger partial charge in [-0.2, -0.15) is 0 Å². The molecule has 1 aromatic carbocycles. The van der Waals surface area contributed by atoms with E-state index in [0.717, 1.165) is 6.42 Å². The van der Waals surface area contributed by atoms with Crippen molar-refractivity contribution >= 4 is 29.6 Å². The summed E-state index contributed by atoms with van der Waals surface area (Å²) in [6.45, 7) is 4.30. The zero-order valence-electron chi connectivity index (χ0n) is 21.2. The fourth-order valence-corrected chi connectivity index (χ4v) is 4.05. The van der Waals surface area contributed by atoms with Gasteiger partial charge in [-0.05, 0) is 55.8 Å². The monoisotopic (exact) mass is 519 g/mol. The third-order valence-corrected chi connectivity index (χ3v) is 6.02. The second kappa shape index (κ2) is 14.2. The molecule has 1 heterocycles. The van der Waals surface area contributed by atoms with Crippen LogP contribution >= 0.6 is 0 Å². The molecule has 2 rings (SSSR count). The van der Waals surface area contributed by atoms with Crippen LogP contribution in [0.1, 0.15) is 51.5 Å². The molecule has 204 valence electrons. The van der Waals surface area contributed by atoms with E-state index in [0.29, 0.717) is 18.5 Å². The van der Waals surface area contributed by atoms with Crippen molar-refractivity contribution in [3.8, 4) is 5.75 Å². The molecule has 1 fully saturated rings. The summed E-state index contributed by atoms with van der Waals surface area (Å²) in [6.07, 6.45) is 1.32. The van der Waals surface area contributed by atoms with E-state index in [1.54, 1.807) is 12.1 Å². The van der Waals surface area contributed by atoms with Gasteiger partial charge in [-0.15, -0.1) is 0 Å². The lowest BCUT2D eigenvalue weighted by molar-refractivity contribution is -0.143. The van der Waals surface area contributed by atoms with E-state index in [4.69, 9.17) is 5.73 Å². The highest BCUT2D eigenvalue weighted by atomic mass is 16.4. The van der Waals surface area contributed by atoms with Gasteiger partial charge in [-0.25, -0.2) is 4.79 Å². The Hall–Kier alpha value is -3.67. The lowest BCUT2D eigenvalue weighted by Crippen LogP contribution is -2.57. The van der Waals surface area contributed by atoms with E-state index in [2.05, 4.69) is 21.3 Å². The van der Waals surface area contributed by atoms with Crippen molar-refractivity contribution in [2.45, 2.75) is 76.5 Å². The smallest absolute Gasteiger partial charge is 0.326 e. The number of rotatable bonds is 14. The molecule has 0 radical (unpaired) electrons. The van der Waals surface area contributed by atoms with Crippen LogP contribution in [0.15, 0.2) is 24.3 Å². The summed E-state index contributed by atoms with van der Waals surface area (Å²) in [5, 5.41) is 29.8. The summed E-state index contributed by atoms with van der Waals surface area (Å²) in [7, 11) is 0. The number of hydrogen-bond donors (Lipinski definition) is 7. The number of hydrogen-bond acceptors (Lipinski definition) is 7. The molecular weight excluding hydrogens is 482 g/mol. The maximum absolute atomic E-state index is 13.3. The minimum absolute atomic E-state index is 0.0193. The number of aromatic hydroxyl groups is 1. The van der Waals surface area contributed by atoms with Crippen LogP contribution in [0.3, 0.4) is 0 Å². The van der Waals surface area contributed by atoms with Gasteiger partial charge >= 0.3 is 5.97 Å². The molecule has 4 amide bonds. The summed E-state index contributed by atoms with van der Waals surface area (Å²) < 4.78 is 0. The molecule has 12 heteroatoms. The van der Waals surface area contributed by atoms with E-state index < -0.39 is 47.9 Å². The Morgan fingerprint density at radius 1 is 1.00 bits per heavy atom. The zero-order chi connectivity index (χ0) is 27.5. The van der Waals surface area contributed by atoms with Crippen LogP contribution in [0.4, 0.5) is 0 Å². The number of benzene rings is 1. The number of carbonyl (C=O) groups is 5. The van der Waals surface area contributed by atoms with Crippen molar-refractivity contribution in [1.82, 2.24) is 21.3 Å². The number of primary amides is 1. The summed E-state index contributed by atoms with van der Waals surface area (Å²) in [4.78, 5) is 62.0. The molecule has 1 aliphatic heterocycles. The highest BCUT2D eigenvalue weighted by Crippen LogP contribution is 2.13. The van der Waals surface area contributed by atoms with Crippen molar-refractivity contribution in [3.05, 3.63) is 29.8 Å². The minimum atomic E-state index is -1.25. The van der Waals surface area contributed by atoms with E-state index in [9.17, 15) is 34.2 Å². The second-order valence-electron chi connectivity index (χ2n) is 9.68. The number of aliphatic carboxylic acids is 1. The molecule has 12 nitrogen and oxygen atoms in total. The van der Waals surface area contributed by atoms with E-state index in [1.165, 1.54) is 12.1 Å². The van der Waals surface area contributed by atoms with Gasteiger partial charge in [0.05, 0.1) is 6.04 Å². The Balaban J connectivity index is 2.21. The van der Waals surface area contributed by atoms with Crippen LogP contribution in [-0.2, 0) is 30.4 Å². The van der Waals surface area contributed by atoms with E-state index in [-0.39, 0.29) is 43.3 Å². The molecule has 4 unspecified atom stereocenters. The molecule has 37 heavy (non-hydrogen) atoms. The number of carboxylic acid groups (broad SMARTS) is 1. The molecule has 0 bridgehead atoms. The first-order valence-corrected chi connectivity index (χ1v) is 12.4. The highest BCUT2D eigenvalue weighted by molar-refractivity contribution is 5.94. The van der Waals surface area contributed by atoms with E-state index in [1.807, 2.05) is 13.8 Å². The molecule has 0 spiro atoms. The highest BCUT2D eigenvalue weighted by Gasteiger charge is 2.32. The quantitative estimate of drug-likeness (QED) is 0.171. The van der Waals surface area contributed by atoms with Crippen LogP contribution in [0.2, 0.25) is 0 Å². The predicted molar refractivity (Wildman–Crippen MR) is 134 cm³/mol. The number of amides is 4. The summed E-state index contributed by atoms with van der Waals surface area (Å²) in [6, 6.07) is 2.17. The topological polar surface area (TPSA) is 200 Å². The fourth-order valence-electron chi connectivity index (χ4n) is 4.05. The number of carbonyl (C=O) groups excluding carboxylic acids is 4. The van der Waals surface area contributed by atoms with Crippen molar-refractivity contribution < 1.29 is 34.2 Å². The summed E-state index contributed by atoms with van der Waals surface area (Å²) in [5.74, 6) is -3.70. The third kappa shape index (κ3) is 10.1. The SMILES string of the molecule is CC(C)CC(NC(=O)C(CCC(N)=O)NC(=O)C(Cc1ccc(O)cc1)NC(=O)C1CCCN1)C(=O)O. The average molecular weight is 520 g/mol. The Bertz CT molecular complexity index is 961. The third-order valence-electron chi connectivity index (χ3n) is 6.02. The molecule has 1 aliphatic rings. The number of carboxylic acids is 1. The standard InChI is InChI=1S/C25H37N5O7/c1-14(2)12-20(25(36)37)30-23(34)18(9-10-21(26)32)28-24(35)19(13-15-5-7-16(31)8-6-15)29-22(33)17-4-3-11-27-17/h5-8,14,17-20,27,31H,3-4,9-13H2,1-2H3,(H2,26,32)(H,28,35)(H,29,33)(H,30,34)(H,36,37). The second-order valence-corrected chi connectivity index (χ2v) is 9.68. The Labute approximate surface area is 215 Å². The molecule has 0 aromatic heterocycles. The fraction of sp³-hybridized carbons (Fsp3) is 0.560. The Morgan fingerprint density at radius 3 is 2.16 bits per heavy atom. The van der Waals surface area contributed by atoms with Crippen LogP contribution in [0, 0.1) is 5.92 Å².